The van der Waals surface area contributed by atoms with Gasteiger partial charge in [-0.2, -0.15) is 17.0 Å². The van der Waals surface area contributed by atoms with E-state index in [0.717, 1.165) is 16.1 Å². The van der Waals surface area contributed by atoms with Crippen LogP contribution >= 0.6 is 11.3 Å². The fraction of sp³-hybridized carbons (Fsp3) is 0.333. The van der Waals surface area contributed by atoms with Gasteiger partial charge in [0.05, 0.1) is 5.69 Å². The van der Waals surface area contributed by atoms with Crippen LogP contribution in [0.1, 0.15) is 23.5 Å². The van der Waals surface area contributed by atoms with E-state index in [1.807, 2.05) is 74.5 Å². The zero-order valence-electron chi connectivity index (χ0n) is 18.8. The molecule has 4 rings (SSSR count). The molecule has 1 aromatic heterocycles. The third-order valence-electron chi connectivity index (χ3n) is 5.77. The number of benzene rings is 2. The molecule has 33 heavy (non-hydrogen) atoms. The lowest BCUT2D eigenvalue weighted by molar-refractivity contribution is 0.0699. The summed E-state index contributed by atoms with van der Waals surface area (Å²) in [7, 11) is -3.50. The van der Waals surface area contributed by atoms with E-state index in [0.29, 0.717) is 36.8 Å². The highest BCUT2D eigenvalue weighted by Gasteiger charge is 2.33. The monoisotopic (exact) mass is 484 g/mol. The van der Waals surface area contributed by atoms with Crippen LogP contribution in [-0.4, -0.2) is 72.1 Å². The highest BCUT2D eigenvalue weighted by molar-refractivity contribution is 7.86. The zero-order valence-corrected chi connectivity index (χ0v) is 20.5. The Morgan fingerprint density at radius 3 is 2.00 bits per heavy atom. The third-order valence-corrected chi connectivity index (χ3v) is 9.05. The van der Waals surface area contributed by atoms with Crippen LogP contribution in [0.25, 0.3) is 21.8 Å². The average Bonchev–Trinajstić information content (AvgIpc) is 3.31. The number of nitrogens with zero attached hydrogens (tertiary/aromatic N) is 4. The van der Waals surface area contributed by atoms with Gasteiger partial charge in [-0.25, -0.2) is 4.98 Å². The second kappa shape index (κ2) is 10.1. The molecule has 0 N–H and O–H groups in total. The second-order valence-corrected chi connectivity index (χ2v) is 10.6. The molecule has 9 heteroatoms. The molecule has 2 aromatic carbocycles. The van der Waals surface area contributed by atoms with E-state index in [1.165, 1.54) is 19.9 Å². The average molecular weight is 485 g/mol. The Hall–Kier alpha value is -2.59. The number of thiazole rings is 1. The van der Waals surface area contributed by atoms with Crippen molar-refractivity contribution in [3.05, 3.63) is 65.5 Å². The van der Waals surface area contributed by atoms with Crippen molar-refractivity contribution >= 4 is 27.5 Å². The van der Waals surface area contributed by atoms with E-state index in [4.69, 9.17) is 4.98 Å². The molecule has 2 heterocycles. The topological polar surface area (TPSA) is 73.8 Å². The molecule has 0 aliphatic carbocycles. The highest BCUT2D eigenvalue weighted by Crippen LogP contribution is 2.35. The van der Waals surface area contributed by atoms with E-state index in [9.17, 15) is 13.2 Å². The number of hydrogen-bond acceptors (Lipinski definition) is 5. The van der Waals surface area contributed by atoms with Crippen LogP contribution in [0.4, 0.5) is 0 Å². The smallest absolute Gasteiger partial charge is 0.282 e. The van der Waals surface area contributed by atoms with Crippen molar-refractivity contribution in [2.45, 2.75) is 13.8 Å². The van der Waals surface area contributed by atoms with Crippen molar-refractivity contribution in [2.75, 3.05) is 39.3 Å². The van der Waals surface area contributed by atoms with Crippen molar-refractivity contribution in [3.63, 3.8) is 0 Å². The summed E-state index contributed by atoms with van der Waals surface area (Å²) in [5.74, 6) is -0.103. The Morgan fingerprint density at radius 2 is 1.45 bits per heavy atom. The van der Waals surface area contributed by atoms with Crippen molar-refractivity contribution in [2.24, 2.45) is 0 Å². The maximum Gasteiger partial charge on any atom is 0.282 e. The lowest BCUT2D eigenvalue weighted by atomic mass is 10.1. The Bertz CT molecular complexity index is 1180. The molecule has 0 spiro atoms. The Kier molecular flexibility index (Phi) is 7.23. The fourth-order valence-electron chi connectivity index (χ4n) is 3.94. The van der Waals surface area contributed by atoms with Crippen molar-refractivity contribution < 1.29 is 13.2 Å². The molecular formula is C24H28N4O3S2. The van der Waals surface area contributed by atoms with Gasteiger partial charge in [0.1, 0.15) is 9.88 Å². The Labute approximate surface area is 199 Å². The van der Waals surface area contributed by atoms with Crippen molar-refractivity contribution in [3.8, 4) is 21.8 Å². The van der Waals surface area contributed by atoms with Crippen LogP contribution in [-0.2, 0) is 10.2 Å². The van der Waals surface area contributed by atoms with Crippen LogP contribution in [0, 0.1) is 0 Å². The van der Waals surface area contributed by atoms with Crippen LogP contribution in [0.15, 0.2) is 60.7 Å². The molecule has 7 nitrogen and oxygen atoms in total. The van der Waals surface area contributed by atoms with Gasteiger partial charge >= 0.3 is 0 Å². The molecule has 1 aliphatic heterocycles. The van der Waals surface area contributed by atoms with Gasteiger partial charge in [0.25, 0.3) is 16.1 Å². The van der Waals surface area contributed by atoms with Gasteiger partial charge < -0.3 is 4.90 Å². The van der Waals surface area contributed by atoms with Gasteiger partial charge in [0.15, 0.2) is 0 Å². The molecular weight excluding hydrogens is 456 g/mol. The predicted molar refractivity (Wildman–Crippen MR) is 132 cm³/mol. The van der Waals surface area contributed by atoms with Gasteiger partial charge in [0, 0.05) is 50.4 Å². The highest BCUT2D eigenvalue weighted by atomic mass is 32.2. The predicted octanol–water partition coefficient (Wildman–Crippen LogP) is 3.82. The first-order valence-electron chi connectivity index (χ1n) is 11.1. The van der Waals surface area contributed by atoms with E-state index in [1.54, 1.807) is 4.90 Å². The summed E-state index contributed by atoms with van der Waals surface area (Å²) in [6.45, 7) is 5.81. The third kappa shape index (κ3) is 4.86. The lowest BCUT2D eigenvalue weighted by Gasteiger charge is -2.36. The maximum absolute atomic E-state index is 13.6. The first kappa shape index (κ1) is 23.6. The number of amides is 1. The van der Waals surface area contributed by atoms with Crippen molar-refractivity contribution in [1.29, 1.82) is 0 Å². The minimum atomic E-state index is -3.50. The summed E-state index contributed by atoms with van der Waals surface area (Å²) in [4.78, 5) is 20.7. The maximum atomic E-state index is 13.6. The zero-order chi connectivity index (χ0) is 23.4. The summed E-state index contributed by atoms with van der Waals surface area (Å²) in [5, 5.41) is 0.792. The first-order valence-corrected chi connectivity index (χ1v) is 13.3. The number of carbonyl (C=O) groups is 1. The Balaban J connectivity index is 1.59. The summed E-state index contributed by atoms with van der Waals surface area (Å²) in [6.07, 6.45) is 0. The summed E-state index contributed by atoms with van der Waals surface area (Å²) >= 11 is 1.39. The van der Waals surface area contributed by atoms with E-state index >= 15 is 0 Å². The second-order valence-electron chi connectivity index (χ2n) is 7.71. The van der Waals surface area contributed by atoms with E-state index < -0.39 is 10.2 Å². The van der Waals surface area contributed by atoms with Gasteiger partial charge in [0.2, 0.25) is 0 Å². The lowest BCUT2D eigenvalue weighted by Crippen LogP contribution is -2.54. The van der Waals surface area contributed by atoms with E-state index in [2.05, 4.69) is 0 Å². The SMILES string of the molecule is CCN(CC)S(=O)(=O)N1CCN(C(=O)c2sc(-c3ccccc3)nc2-c2ccccc2)CC1. The van der Waals surface area contributed by atoms with Crippen LogP contribution in [0.3, 0.4) is 0 Å². The Morgan fingerprint density at radius 1 is 0.909 bits per heavy atom. The fourth-order valence-corrected chi connectivity index (χ4v) is 6.60. The van der Waals surface area contributed by atoms with Gasteiger partial charge in [-0.3, -0.25) is 4.79 Å². The quantitative estimate of drug-likeness (QED) is 0.511. The van der Waals surface area contributed by atoms with Gasteiger partial charge in [-0.05, 0) is 0 Å². The number of hydrogen-bond donors (Lipinski definition) is 0. The normalized spacial score (nSPS) is 15.2. The molecule has 0 saturated carbocycles. The molecule has 1 fully saturated rings. The molecule has 1 amide bonds. The molecule has 1 saturated heterocycles. The molecule has 0 bridgehead atoms. The molecule has 174 valence electrons. The minimum absolute atomic E-state index is 0.103. The molecule has 0 unspecified atom stereocenters. The van der Waals surface area contributed by atoms with Crippen LogP contribution in [0.5, 0.6) is 0 Å². The summed E-state index contributed by atoms with van der Waals surface area (Å²) < 4.78 is 28.6. The molecule has 1 aliphatic rings. The summed E-state index contributed by atoms with van der Waals surface area (Å²) in [6, 6.07) is 19.5. The molecule has 3 aromatic rings. The van der Waals surface area contributed by atoms with E-state index in [-0.39, 0.29) is 19.0 Å². The number of carbonyl (C=O) groups excluding carboxylic acids is 1. The molecule has 0 radical (unpaired) electrons. The summed E-state index contributed by atoms with van der Waals surface area (Å²) in [5.41, 5.74) is 2.53. The van der Waals surface area contributed by atoms with Crippen LogP contribution < -0.4 is 0 Å². The first-order chi connectivity index (χ1) is 16.0. The number of aromatic nitrogens is 1. The van der Waals surface area contributed by atoms with Crippen LogP contribution in [0.2, 0.25) is 0 Å². The van der Waals surface area contributed by atoms with Gasteiger partial charge in [-0.1, -0.05) is 74.5 Å². The number of rotatable bonds is 7. The minimum Gasteiger partial charge on any atom is -0.335 e. The largest absolute Gasteiger partial charge is 0.335 e. The van der Waals surface area contributed by atoms with Crippen molar-refractivity contribution in [1.82, 2.24) is 18.5 Å². The van der Waals surface area contributed by atoms with Gasteiger partial charge in [-0.15, -0.1) is 11.3 Å². The molecule has 0 atom stereocenters. The number of piperazine rings is 1. The standard InChI is InChI=1S/C24H28N4O3S2/c1-3-27(4-2)33(30,31)28-17-15-26(16-18-28)24(29)22-21(19-11-7-5-8-12-19)25-23(32-22)20-13-9-6-10-14-20/h5-14H,3-4,15-18H2,1-2H3.